The summed E-state index contributed by atoms with van der Waals surface area (Å²) in [7, 11) is 2.21. The minimum atomic E-state index is -0.196. The zero-order valence-electron chi connectivity index (χ0n) is 25.3. The van der Waals surface area contributed by atoms with E-state index in [-0.39, 0.29) is 10.8 Å². The van der Waals surface area contributed by atoms with Crippen LogP contribution in [0.5, 0.6) is 0 Å². The van der Waals surface area contributed by atoms with Crippen molar-refractivity contribution in [3.8, 4) is 0 Å². The summed E-state index contributed by atoms with van der Waals surface area (Å²) in [4.78, 5) is 32.6. The van der Waals surface area contributed by atoms with E-state index in [0.717, 1.165) is 64.0 Å². The van der Waals surface area contributed by atoms with Gasteiger partial charge in [-0.1, -0.05) is 55.4 Å². The molecule has 0 aromatic rings. The third kappa shape index (κ3) is 8.84. The Morgan fingerprint density at radius 3 is 1.60 bits per heavy atom. The molecule has 0 aromatic carbocycles. The van der Waals surface area contributed by atoms with Gasteiger partial charge in [0.2, 0.25) is 5.91 Å². The highest BCUT2D eigenvalue weighted by atomic mass is 16.2. The van der Waals surface area contributed by atoms with E-state index in [1.807, 2.05) is 55.4 Å². The summed E-state index contributed by atoms with van der Waals surface area (Å²) >= 11 is 0. The fraction of sp³-hybridized carbons (Fsp3) is 0.933. The molecule has 4 aliphatic rings. The molecule has 0 unspecified atom stereocenters. The van der Waals surface area contributed by atoms with Gasteiger partial charge in [-0.15, -0.1) is 0 Å². The number of likely N-dealkylation sites (N-methyl/N-ethyl adjacent to an activating group) is 1. The average Bonchev–Trinajstić information content (AvgIpc) is 3.53. The van der Waals surface area contributed by atoms with Crippen LogP contribution in [0.3, 0.4) is 0 Å². The molecule has 4 rings (SSSR count). The van der Waals surface area contributed by atoms with Crippen LogP contribution in [0.15, 0.2) is 0 Å². The minimum Gasteiger partial charge on any atom is -0.342 e. The Morgan fingerprint density at radius 1 is 0.714 bits per heavy atom. The summed E-state index contributed by atoms with van der Waals surface area (Å²) in [6, 6.07) is 0. The lowest BCUT2D eigenvalue weighted by molar-refractivity contribution is -0.143. The van der Waals surface area contributed by atoms with E-state index in [1.165, 1.54) is 39.1 Å². The summed E-state index contributed by atoms with van der Waals surface area (Å²) in [6.45, 7) is 25.6. The molecule has 2 aliphatic carbocycles. The number of likely N-dealkylation sites (tertiary alicyclic amines) is 1. The van der Waals surface area contributed by atoms with Crippen LogP contribution in [-0.4, -0.2) is 79.3 Å². The summed E-state index contributed by atoms with van der Waals surface area (Å²) in [6.07, 6.45) is 8.19. The third-order valence-electron chi connectivity index (χ3n) is 8.39. The van der Waals surface area contributed by atoms with Crippen LogP contribution >= 0.6 is 0 Å². The van der Waals surface area contributed by atoms with Crippen LogP contribution in [-0.2, 0) is 9.59 Å². The molecule has 2 bridgehead atoms. The predicted octanol–water partition coefficient (Wildman–Crippen LogP) is 6.51. The zero-order valence-corrected chi connectivity index (χ0v) is 25.3. The fourth-order valence-corrected chi connectivity index (χ4v) is 6.17. The maximum Gasteiger partial charge on any atom is 0.228 e. The summed E-state index contributed by atoms with van der Waals surface area (Å²) in [5, 5.41) is 0. The molecule has 0 atom stereocenters. The second-order valence-corrected chi connectivity index (χ2v) is 9.96. The lowest BCUT2D eigenvalue weighted by Gasteiger charge is -2.38. The lowest BCUT2D eigenvalue weighted by Crippen LogP contribution is -2.47. The number of carbonyl (C=O) groups excluding carboxylic acids is 2. The number of piperidine rings is 1. The van der Waals surface area contributed by atoms with Gasteiger partial charge in [0.15, 0.2) is 0 Å². The largest absolute Gasteiger partial charge is 0.342 e. The van der Waals surface area contributed by atoms with Gasteiger partial charge in [0, 0.05) is 44.7 Å². The molecule has 0 spiro atoms. The van der Waals surface area contributed by atoms with Gasteiger partial charge in [-0.05, 0) is 77.8 Å². The van der Waals surface area contributed by atoms with Crippen LogP contribution < -0.4 is 0 Å². The maximum atomic E-state index is 13.3. The molecule has 0 aromatic heterocycles. The highest BCUT2D eigenvalue weighted by Gasteiger charge is 2.60. The van der Waals surface area contributed by atoms with Crippen LogP contribution in [0.1, 0.15) is 114 Å². The number of piperazine rings is 1. The second kappa shape index (κ2) is 17.5. The number of rotatable bonds is 5. The van der Waals surface area contributed by atoms with E-state index in [9.17, 15) is 9.59 Å². The monoisotopic (exact) mass is 495 g/mol. The van der Waals surface area contributed by atoms with Crippen LogP contribution in [0.25, 0.3) is 0 Å². The SMILES string of the molecule is CC.CC.CC.CC.CC(=O)C12CCC(C(=O)N3CCC(CCN4CCN(C)CC4)CC3)(CC1)C2. The first-order valence-corrected chi connectivity index (χ1v) is 15.1. The van der Waals surface area contributed by atoms with Crippen molar-refractivity contribution in [3.05, 3.63) is 0 Å². The number of Topliss-reactive ketones (excluding diaryl/α,β-unsaturated/α-hetero) is 1. The quantitative estimate of drug-likeness (QED) is 0.436. The first-order chi connectivity index (χ1) is 16.9. The van der Waals surface area contributed by atoms with Gasteiger partial charge < -0.3 is 14.7 Å². The Morgan fingerprint density at radius 2 is 1.17 bits per heavy atom. The molecule has 208 valence electrons. The fourth-order valence-electron chi connectivity index (χ4n) is 6.17. The molecule has 5 nitrogen and oxygen atoms in total. The van der Waals surface area contributed by atoms with E-state index >= 15 is 0 Å². The molecule has 5 heteroatoms. The van der Waals surface area contributed by atoms with Crippen molar-refractivity contribution < 1.29 is 9.59 Å². The molecule has 2 aliphatic heterocycles. The Kier molecular flexibility index (Phi) is 17.0. The van der Waals surface area contributed by atoms with Crippen LogP contribution in [0.4, 0.5) is 0 Å². The number of ketones is 1. The normalized spacial score (nSPS) is 28.2. The zero-order chi connectivity index (χ0) is 27.1. The highest BCUT2D eigenvalue weighted by molar-refractivity contribution is 5.89. The maximum absolute atomic E-state index is 13.3. The molecule has 2 saturated heterocycles. The number of hydrogen-bond donors (Lipinski definition) is 0. The topological polar surface area (TPSA) is 43.9 Å². The number of nitrogens with zero attached hydrogens (tertiary/aromatic N) is 3. The Balaban J connectivity index is 0.00000132. The Labute approximate surface area is 219 Å². The Hall–Kier alpha value is -0.940. The summed E-state index contributed by atoms with van der Waals surface area (Å²) < 4.78 is 0. The first-order valence-electron chi connectivity index (χ1n) is 15.1. The van der Waals surface area contributed by atoms with Gasteiger partial charge >= 0.3 is 0 Å². The van der Waals surface area contributed by atoms with E-state index in [0.29, 0.717) is 11.7 Å². The van der Waals surface area contributed by atoms with Crippen molar-refractivity contribution >= 4 is 11.7 Å². The van der Waals surface area contributed by atoms with Crippen molar-refractivity contribution in [2.45, 2.75) is 114 Å². The molecule has 1 amide bonds. The molecular formula is C30H61N3O2. The smallest absolute Gasteiger partial charge is 0.228 e. The van der Waals surface area contributed by atoms with Gasteiger partial charge in [0.25, 0.3) is 0 Å². The number of fused-ring (bicyclic) bond motifs is 2. The number of hydrogen-bond acceptors (Lipinski definition) is 4. The molecule has 4 fully saturated rings. The van der Waals surface area contributed by atoms with Gasteiger partial charge in [0.1, 0.15) is 5.78 Å². The molecule has 2 heterocycles. The van der Waals surface area contributed by atoms with E-state index in [1.54, 1.807) is 6.92 Å². The van der Waals surface area contributed by atoms with Gasteiger partial charge in [-0.2, -0.15) is 0 Å². The van der Waals surface area contributed by atoms with Gasteiger partial charge in [-0.25, -0.2) is 0 Å². The average molecular weight is 496 g/mol. The van der Waals surface area contributed by atoms with E-state index in [2.05, 4.69) is 21.7 Å². The van der Waals surface area contributed by atoms with Crippen molar-refractivity contribution in [3.63, 3.8) is 0 Å². The number of amides is 1. The Bertz CT molecular complexity index is 568. The molecular weight excluding hydrogens is 434 g/mol. The van der Waals surface area contributed by atoms with Gasteiger partial charge in [-0.3, -0.25) is 9.59 Å². The number of carbonyl (C=O) groups is 2. The predicted molar refractivity (Wildman–Crippen MR) is 152 cm³/mol. The second-order valence-electron chi connectivity index (χ2n) is 9.96. The minimum absolute atomic E-state index is 0.156. The van der Waals surface area contributed by atoms with Gasteiger partial charge in [0.05, 0.1) is 5.41 Å². The third-order valence-corrected chi connectivity index (χ3v) is 8.39. The standard InChI is InChI=1S/C22H37N3O2.4C2H6/c1-18(26)21-6-8-22(17-21,9-7-21)20(27)25-11-4-19(5-12-25)3-10-24-15-13-23(2)14-16-24;4*1-2/h19H,3-17H2,1-2H3;4*1-2H3. The molecule has 35 heavy (non-hydrogen) atoms. The van der Waals surface area contributed by atoms with Crippen molar-refractivity contribution in [1.29, 1.82) is 0 Å². The van der Waals surface area contributed by atoms with E-state index < -0.39 is 0 Å². The van der Waals surface area contributed by atoms with Crippen LogP contribution in [0.2, 0.25) is 0 Å². The van der Waals surface area contributed by atoms with Crippen LogP contribution in [0, 0.1) is 16.7 Å². The molecule has 2 saturated carbocycles. The van der Waals surface area contributed by atoms with Crippen molar-refractivity contribution in [2.75, 3.05) is 52.9 Å². The summed E-state index contributed by atoms with van der Waals surface area (Å²) in [5.74, 6) is 1.47. The first kappa shape index (κ1) is 34.1. The highest BCUT2D eigenvalue weighted by Crippen LogP contribution is 2.62. The molecule has 0 N–H and O–H groups in total. The summed E-state index contributed by atoms with van der Waals surface area (Å²) in [5.41, 5.74) is -0.352. The lowest BCUT2D eigenvalue weighted by atomic mass is 9.79. The molecule has 0 radical (unpaired) electrons. The van der Waals surface area contributed by atoms with Crippen molar-refractivity contribution in [2.24, 2.45) is 16.7 Å². The van der Waals surface area contributed by atoms with Crippen molar-refractivity contribution in [1.82, 2.24) is 14.7 Å². The van der Waals surface area contributed by atoms with E-state index in [4.69, 9.17) is 0 Å².